The summed E-state index contributed by atoms with van der Waals surface area (Å²) in [7, 11) is 0. The van der Waals surface area contributed by atoms with E-state index in [0.29, 0.717) is 18.8 Å². The molecule has 0 bridgehead atoms. The first-order valence-electron chi connectivity index (χ1n) is 8.01. The summed E-state index contributed by atoms with van der Waals surface area (Å²) < 4.78 is 5.28. The minimum Gasteiger partial charge on any atom is -0.444 e. The molecule has 1 aliphatic rings. The molecule has 1 N–H and O–H groups in total. The minimum atomic E-state index is -0.557. The van der Waals surface area contributed by atoms with Crippen LogP contribution in [0.2, 0.25) is 0 Å². The Bertz CT molecular complexity index is 627. The number of aromatic nitrogens is 1. The monoisotopic (exact) mass is 336 g/mol. The van der Waals surface area contributed by atoms with E-state index in [1.165, 1.54) is 6.20 Å². The standard InChI is InChI=1S/C16H24N4O4/c1-11-8-17-9-13(20(22)23)14(11)19-7-5-6-12(10-19)18-15(21)24-16(2,3)4/h8-9,12H,5-7,10H2,1-4H3,(H,18,21)/t12-/m0/s1. The molecule has 1 aromatic heterocycles. The van der Waals surface area contributed by atoms with E-state index >= 15 is 0 Å². The molecular formula is C16H24N4O4. The Morgan fingerprint density at radius 3 is 2.79 bits per heavy atom. The van der Waals surface area contributed by atoms with Gasteiger partial charge in [-0.1, -0.05) is 0 Å². The van der Waals surface area contributed by atoms with E-state index in [9.17, 15) is 14.9 Å². The first-order valence-corrected chi connectivity index (χ1v) is 8.01. The molecule has 1 aromatic rings. The van der Waals surface area contributed by atoms with Crippen LogP contribution in [-0.4, -0.2) is 40.7 Å². The van der Waals surface area contributed by atoms with Crippen molar-refractivity contribution in [1.82, 2.24) is 10.3 Å². The lowest BCUT2D eigenvalue weighted by Gasteiger charge is -2.35. The van der Waals surface area contributed by atoms with Gasteiger partial charge in [-0.3, -0.25) is 15.1 Å². The zero-order chi connectivity index (χ0) is 17.9. The zero-order valence-corrected chi connectivity index (χ0v) is 14.5. The fraction of sp³-hybridized carbons (Fsp3) is 0.625. The maximum Gasteiger partial charge on any atom is 0.407 e. The number of carbonyl (C=O) groups is 1. The van der Waals surface area contributed by atoms with Gasteiger partial charge in [-0.25, -0.2) is 4.79 Å². The van der Waals surface area contributed by atoms with Crippen LogP contribution in [0.4, 0.5) is 16.2 Å². The summed E-state index contributed by atoms with van der Waals surface area (Å²) in [4.78, 5) is 28.7. The molecule has 8 nitrogen and oxygen atoms in total. The van der Waals surface area contributed by atoms with Gasteiger partial charge >= 0.3 is 11.8 Å². The van der Waals surface area contributed by atoms with Crippen LogP contribution in [-0.2, 0) is 4.74 Å². The summed E-state index contributed by atoms with van der Waals surface area (Å²) >= 11 is 0. The van der Waals surface area contributed by atoms with Crippen molar-refractivity contribution in [2.75, 3.05) is 18.0 Å². The van der Waals surface area contributed by atoms with Crippen molar-refractivity contribution < 1.29 is 14.5 Å². The molecule has 1 saturated heterocycles. The number of hydrogen-bond acceptors (Lipinski definition) is 6. The second kappa shape index (κ2) is 7.02. The van der Waals surface area contributed by atoms with Crippen LogP contribution in [0.5, 0.6) is 0 Å². The Kier molecular flexibility index (Phi) is 5.26. The number of alkyl carbamates (subject to hydrolysis) is 1. The van der Waals surface area contributed by atoms with Crippen LogP contribution in [0.15, 0.2) is 12.4 Å². The summed E-state index contributed by atoms with van der Waals surface area (Å²) in [6.45, 7) is 8.44. The van der Waals surface area contributed by atoms with Crippen molar-refractivity contribution in [3.05, 3.63) is 28.1 Å². The average Bonchev–Trinajstić information content (AvgIpc) is 2.44. The van der Waals surface area contributed by atoms with Gasteiger partial charge in [0.2, 0.25) is 0 Å². The van der Waals surface area contributed by atoms with Crippen LogP contribution in [0.3, 0.4) is 0 Å². The Hall–Kier alpha value is -2.38. The average molecular weight is 336 g/mol. The molecule has 132 valence electrons. The van der Waals surface area contributed by atoms with Gasteiger partial charge in [-0.15, -0.1) is 0 Å². The van der Waals surface area contributed by atoms with E-state index in [4.69, 9.17) is 4.74 Å². The molecule has 0 unspecified atom stereocenters. The number of carbonyl (C=O) groups excluding carboxylic acids is 1. The van der Waals surface area contributed by atoms with E-state index in [1.807, 2.05) is 25.7 Å². The number of amides is 1. The lowest BCUT2D eigenvalue weighted by molar-refractivity contribution is -0.384. The largest absolute Gasteiger partial charge is 0.444 e. The van der Waals surface area contributed by atoms with Gasteiger partial charge in [0.1, 0.15) is 17.5 Å². The first kappa shape index (κ1) is 18.0. The smallest absolute Gasteiger partial charge is 0.407 e. The maximum absolute atomic E-state index is 11.9. The minimum absolute atomic E-state index is 0.00656. The van der Waals surface area contributed by atoms with Crippen molar-refractivity contribution >= 4 is 17.5 Å². The van der Waals surface area contributed by atoms with E-state index in [2.05, 4.69) is 10.3 Å². The highest BCUT2D eigenvalue weighted by Crippen LogP contribution is 2.32. The number of nitro groups is 1. The van der Waals surface area contributed by atoms with Crippen LogP contribution < -0.4 is 10.2 Å². The van der Waals surface area contributed by atoms with Gasteiger partial charge in [0.25, 0.3) is 0 Å². The number of aryl methyl sites for hydroxylation is 1. The molecule has 0 saturated carbocycles. The predicted octanol–water partition coefficient (Wildman–Crippen LogP) is 2.79. The van der Waals surface area contributed by atoms with E-state index in [0.717, 1.165) is 18.4 Å². The summed E-state index contributed by atoms with van der Waals surface area (Å²) in [5, 5.41) is 14.1. The van der Waals surface area contributed by atoms with Crippen molar-refractivity contribution in [3.63, 3.8) is 0 Å². The van der Waals surface area contributed by atoms with Crippen molar-refractivity contribution in [1.29, 1.82) is 0 Å². The number of nitrogens with zero attached hydrogens (tertiary/aromatic N) is 3. The Morgan fingerprint density at radius 1 is 1.46 bits per heavy atom. The molecule has 1 amide bonds. The van der Waals surface area contributed by atoms with Crippen molar-refractivity contribution in [3.8, 4) is 0 Å². The fourth-order valence-corrected chi connectivity index (χ4v) is 2.86. The van der Waals surface area contributed by atoms with Crippen LogP contribution >= 0.6 is 0 Å². The Balaban J connectivity index is 2.12. The molecule has 0 radical (unpaired) electrons. The number of piperidine rings is 1. The summed E-state index contributed by atoms with van der Waals surface area (Å²) in [5.41, 5.74) is 0.763. The zero-order valence-electron chi connectivity index (χ0n) is 14.5. The van der Waals surface area contributed by atoms with Crippen LogP contribution in [0, 0.1) is 17.0 Å². The van der Waals surface area contributed by atoms with E-state index in [-0.39, 0.29) is 11.7 Å². The maximum atomic E-state index is 11.9. The predicted molar refractivity (Wildman–Crippen MR) is 90.2 cm³/mol. The molecule has 1 fully saturated rings. The highest BCUT2D eigenvalue weighted by atomic mass is 16.6. The van der Waals surface area contributed by atoms with Crippen molar-refractivity contribution in [2.24, 2.45) is 0 Å². The molecule has 1 aliphatic heterocycles. The highest BCUT2D eigenvalue weighted by molar-refractivity contribution is 5.69. The number of nitrogens with one attached hydrogen (secondary N) is 1. The second-order valence-electron chi connectivity index (χ2n) is 7.01. The topological polar surface area (TPSA) is 97.6 Å². The van der Waals surface area contributed by atoms with Gasteiger partial charge in [0, 0.05) is 25.3 Å². The van der Waals surface area contributed by atoms with Gasteiger partial charge in [0.15, 0.2) is 0 Å². The number of rotatable bonds is 3. The second-order valence-corrected chi connectivity index (χ2v) is 7.01. The molecular weight excluding hydrogens is 312 g/mol. The fourth-order valence-electron chi connectivity index (χ4n) is 2.86. The van der Waals surface area contributed by atoms with Crippen molar-refractivity contribution in [2.45, 2.75) is 52.2 Å². The van der Waals surface area contributed by atoms with E-state index < -0.39 is 16.6 Å². The third kappa shape index (κ3) is 4.56. The molecule has 0 spiro atoms. The van der Waals surface area contributed by atoms with Gasteiger partial charge in [-0.05, 0) is 46.1 Å². The Morgan fingerprint density at radius 2 is 2.17 bits per heavy atom. The van der Waals surface area contributed by atoms with Gasteiger partial charge in [0.05, 0.1) is 4.92 Å². The Labute approximate surface area is 141 Å². The lowest BCUT2D eigenvalue weighted by Crippen LogP contribution is -2.49. The number of ether oxygens (including phenoxy) is 1. The summed E-state index contributed by atoms with van der Waals surface area (Å²) in [6, 6.07) is -0.110. The van der Waals surface area contributed by atoms with E-state index in [1.54, 1.807) is 13.1 Å². The summed E-state index contributed by atoms with van der Waals surface area (Å²) in [6.07, 6.45) is 4.07. The summed E-state index contributed by atoms with van der Waals surface area (Å²) in [5.74, 6) is 0. The third-order valence-electron chi connectivity index (χ3n) is 3.74. The number of anilines is 1. The lowest BCUT2D eigenvalue weighted by atomic mass is 10.0. The van der Waals surface area contributed by atoms with Crippen LogP contribution in [0.25, 0.3) is 0 Å². The SMILES string of the molecule is Cc1cncc([N+](=O)[O-])c1N1CCC[C@H](NC(=O)OC(C)(C)C)C1. The van der Waals surface area contributed by atoms with Gasteiger partial charge in [-0.2, -0.15) is 0 Å². The van der Waals surface area contributed by atoms with Gasteiger partial charge < -0.3 is 15.0 Å². The normalized spacial score (nSPS) is 18.2. The first-order chi connectivity index (χ1) is 11.2. The third-order valence-corrected chi connectivity index (χ3v) is 3.74. The quantitative estimate of drug-likeness (QED) is 0.673. The molecule has 0 aromatic carbocycles. The number of pyridine rings is 1. The molecule has 0 aliphatic carbocycles. The molecule has 2 heterocycles. The molecule has 8 heteroatoms. The molecule has 2 rings (SSSR count). The molecule has 1 atom stereocenters. The van der Waals surface area contributed by atoms with Crippen LogP contribution in [0.1, 0.15) is 39.2 Å². The highest BCUT2D eigenvalue weighted by Gasteiger charge is 2.29. The molecule has 24 heavy (non-hydrogen) atoms. The number of hydrogen-bond donors (Lipinski definition) is 1.